The monoisotopic (exact) mass is 344 g/mol. The van der Waals surface area contributed by atoms with Gasteiger partial charge in [-0.05, 0) is 45.7 Å². The van der Waals surface area contributed by atoms with E-state index >= 15 is 0 Å². The third kappa shape index (κ3) is 4.43. The molecule has 7 nitrogen and oxygen atoms in total. The average molecular weight is 344 g/mol. The number of aromatic nitrogens is 3. The van der Waals surface area contributed by atoms with Gasteiger partial charge in [0, 0.05) is 6.54 Å². The Balaban J connectivity index is 2.16. The summed E-state index contributed by atoms with van der Waals surface area (Å²) < 4.78 is 5.21. The summed E-state index contributed by atoms with van der Waals surface area (Å²) in [5.74, 6) is -0.984. The van der Waals surface area contributed by atoms with Crippen molar-refractivity contribution in [3.63, 3.8) is 0 Å². The van der Waals surface area contributed by atoms with Crippen molar-refractivity contribution in [1.82, 2.24) is 20.3 Å². The van der Waals surface area contributed by atoms with Crippen LogP contribution in [0.2, 0.25) is 0 Å². The van der Waals surface area contributed by atoms with Crippen molar-refractivity contribution in [2.45, 2.75) is 47.1 Å². The van der Waals surface area contributed by atoms with E-state index in [0.717, 1.165) is 23.2 Å². The highest BCUT2D eigenvalue weighted by atomic mass is 16.5. The summed E-state index contributed by atoms with van der Waals surface area (Å²) in [7, 11) is 0. The molecule has 1 aromatic heterocycles. The standard InChI is InChI=1S/C18H24N4O3/c1-6-9-19-17(23)14(5)25-18(24)16-13(4)20-22(21-16)15-8-7-11(2)10-12(15)3/h7-8,10,14H,6,9H2,1-5H3,(H,19,23)/t14-/m0/s1. The van der Waals surface area contributed by atoms with E-state index in [9.17, 15) is 9.59 Å². The third-order valence-corrected chi connectivity index (χ3v) is 3.75. The minimum absolute atomic E-state index is 0.107. The van der Waals surface area contributed by atoms with Gasteiger partial charge in [0.1, 0.15) is 0 Å². The maximum Gasteiger partial charge on any atom is 0.361 e. The number of rotatable bonds is 6. The van der Waals surface area contributed by atoms with Crippen molar-refractivity contribution < 1.29 is 14.3 Å². The second-order valence-corrected chi connectivity index (χ2v) is 6.05. The van der Waals surface area contributed by atoms with Gasteiger partial charge in [0.2, 0.25) is 0 Å². The topological polar surface area (TPSA) is 86.1 Å². The largest absolute Gasteiger partial charge is 0.448 e. The van der Waals surface area contributed by atoms with Gasteiger partial charge in [0.05, 0.1) is 11.4 Å². The second kappa shape index (κ2) is 7.92. The Morgan fingerprint density at radius 1 is 1.24 bits per heavy atom. The number of benzene rings is 1. The smallest absolute Gasteiger partial charge is 0.361 e. The summed E-state index contributed by atoms with van der Waals surface area (Å²) in [5, 5.41) is 11.2. The van der Waals surface area contributed by atoms with Gasteiger partial charge in [-0.15, -0.1) is 5.10 Å². The van der Waals surface area contributed by atoms with Gasteiger partial charge < -0.3 is 10.1 Å². The van der Waals surface area contributed by atoms with Crippen LogP contribution in [0.15, 0.2) is 18.2 Å². The maximum absolute atomic E-state index is 12.3. The molecule has 1 amide bonds. The molecule has 0 spiro atoms. The van der Waals surface area contributed by atoms with E-state index in [1.165, 1.54) is 11.7 Å². The molecule has 1 aromatic carbocycles. The van der Waals surface area contributed by atoms with Crippen LogP contribution in [0.25, 0.3) is 5.69 Å². The Morgan fingerprint density at radius 3 is 2.60 bits per heavy atom. The molecule has 0 aliphatic heterocycles. The average Bonchev–Trinajstić information content (AvgIpc) is 2.94. The van der Waals surface area contributed by atoms with Crippen LogP contribution in [0.5, 0.6) is 0 Å². The van der Waals surface area contributed by atoms with Crippen LogP contribution in [0.1, 0.15) is 47.6 Å². The van der Waals surface area contributed by atoms with Crippen LogP contribution in [0.3, 0.4) is 0 Å². The fourth-order valence-electron chi connectivity index (χ4n) is 2.37. The molecule has 0 aliphatic rings. The number of aryl methyl sites for hydroxylation is 3. The third-order valence-electron chi connectivity index (χ3n) is 3.75. The molecule has 25 heavy (non-hydrogen) atoms. The molecule has 0 bridgehead atoms. The van der Waals surface area contributed by atoms with Crippen molar-refractivity contribution in [3.8, 4) is 5.69 Å². The first-order chi connectivity index (χ1) is 11.8. The highest BCUT2D eigenvalue weighted by Gasteiger charge is 2.23. The van der Waals surface area contributed by atoms with Crippen LogP contribution in [-0.2, 0) is 9.53 Å². The van der Waals surface area contributed by atoms with Crippen molar-refractivity contribution in [1.29, 1.82) is 0 Å². The fourth-order valence-corrected chi connectivity index (χ4v) is 2.37. The van der Waals surface area contributed by atoms with E-state index in [1.807, 2.05) is 39.0 Å². The maximum atomic E-state index is 12.3. The molecule has 1 N–H and O–H groups in total. The Morgan fingerprint density at radius 2 is 1.96 bits per heavy atom. The summed E-state index contributed by atoms with van der Waals surface area (Å²) in [6.07, 6.45) is -0.0693. The number of esters is 1. The van der Waals surface area contributed by atoms with Crippen molar-refractivity contribution in [3.05, 3.63) is 40.7 Å². The predicted molar refractivity (Wildman–Crippen MR) is 93.7 cm³/mol. The summed E-state index contributed by atoms with van der Waals surface area (Å²) in [6.45, 7) is 9.68. The molecule has 0 radical (unpaired) electrons. The zero-order valence-corrected chi connectivity index (χ0v) is 15.3. The molecule has 1 atom stereocenters. The SMILES string of the molecule is CCCNC(=O)[C@H](C)OC(=O)c1nn(-c2ccc(C)cc2C)nc1C. The van der Waals surface area contributed by atoms with E-state index in [4.69, 9.17) is 4.74 Å². The van der Waals surface area contributed by atoms with E-state index in [0.29, 0.717) is 12.2 Å². The lowest BCUT2D eigenvalue weighted by Gasteiger charge is -2.12. The second-order valence-electron chi connectivity index (χ2n) is 6.05. The molecule has 2 rings (SSSR count). The zero-order valence-electron chi connectivity index (χ0n) is 15.3. The van der Waals surface area contributed by atoms with Crippen LogP contribution >= 0.6 is 0 Å². The first-order valence-corrected chi connectivity index (χ1v) is 8.33. The fraction of sp³-hybridized carbons (Fsp3) is 0.444. The number of hydrogen-bond acceptors (Lipinski definition) is 5. The minimum Gasteiger partial charge on any atom is -0.448 e. The quantitative estimate of drug-likeness (QED) is 0.812. The molecule has 0 unspecified atom stereocenters. The number of carbonyl (C=O) groups is 2. The van der Waals surface area contributed by atoms with E-state index < -0.39 is 12.1 Å². The predicted octanol–water partition coefficient (Wildman–Crippen LogP) is 2.26. The number of nitrogens with zero attached hydrogens (tertiary/aromatic N) is 3. The molecule has 7 heteroatoms. The Bertz CT molecular complexity index is 783. The molecule has 0 fully saturated rings. The number of nitrogens with one attached hydrogen (secondary N) is 1. The highest BCUT2D eigenvalue weighted by molar-refractivity contribution is 5.91. The Kier molecular flexibility index (Phi) is 5.90. The summed E-state index contributed by atoms with van der Waals surface area (Å²) in [5.41, 5.74) is 3.49. The first-order valence-electron chi connectivity index (χ1n) is 8.33. The van der Waals surface area contributed by atoms with Gasteiger partial charge in [0.25, 0.3) is 5.91 Å². The lowest BCUT2D eigenvalue weighted by atomic mass is 10.1. The highest BCUT2D eigenvalue weighted by Crippen LogP contribution is 2.16. The normalized spacial score (nSPS) is 11.9. The molecule has 0 saturated carbocycles. The summed E-state index contributed by atoms with van der Waals surface area (Å²) in [4.78, 5) is 25.6. The molecule has 2 aromatic rings. The first kappa shape index (κ1) is 18.6. The Labute approximate surface area is 147 Å². The minimum atomic E-state index is -0.885. The summed E-state index contributed by atoms with van der Waals surface area (Å²) >= 11 is 0. The summed E-state index contributed by atoms with van der Waals surface area (Å²) in [6, 6.07) is 5.88. The molecular formula is C18H24N4O3. The molecule has 0 saturated heterocycles. The van der Waals surface area contributed by atoms with Crippen LogP contribution < -0.4 is 5.32 Å². The van der Waals surface area contributed by atoms with Crippen LogP contribution in [0.4, 0.5) is 0 Å². The molecule has 0 aliphatic carbocycles. The van der Waals surface area contributed by atoms with Gasteiger partial charge in [-0.1, -0.05) is 24.6 Å². The molecule has 134 valence electrons. The number of hydrogen-bond donors (Lipinski definition) is 1. The Hall–Kier alpha value is -2.70. The van der Waals surface area contributed by atoms with Crippen LogP contribution in [0, 0.1) is 20.8 Å². The number of carbonyl (C=O) groups excluding carboxylic acids is 2. The van der Waals surface area contributed by atoms with E-state index in [-0.39, 0.29) is 11.6 Å². The molecule has 1 heterocycles. The van der Waals surface area contributed by atoms with E-state index in [1.54, 1.807) is 6.92 Å². The van der Waals surface area contributed by atoms with Gasteiger partial charge in [-0.2, -0.15) is 9.90 Å². The van der Waals surface area contributed by atoms with E-state index in [2.05, 4.69) is 15.5 Å². The van der Waals surface area contributed by atoms with Crippen LogP contribution in [-0.4, -0.2) is 39.5 Å². The van der Waals surface area contributed by atoms with Gasteiger partial charge >= 0.3 is 5.97 Å². The van der Waals surface area contributed by atoms with Crippen molar-refractivity contribution in [2.75, 3.05) is 6.54 Å². The number of amides is 1. The zero-order chi connectivity index (χ0) is 18.6. The number of ether oxygens (including phenoxy) is 1. The van der Waals surface area contributed by atoms with Crippen molar-refractivity contribution >= 4 is 11.9 Å². The van der Waals surface area contributed by atoms with Gasteiger partial charge in [-0.25, -0.2) is 4.79 Å². The lowest BCUT2D eigenvalue weighted by Crippen LogP contribution is -2.36. The van der Waals surface area contributed by atoms with Gasteiger partial charge in [0.15, 0.2) is 11.8 Å². The lowest BCUT2D eigenvalue weighted by molar-refractivity contribution is -0.129. The molecular weight excluding hydrogens is 320 g/mol. The van der Waals surface area contributed by atoms with Gasteiger partial charge in [-0.3, -0.25) is 4.79 Å². The van der Waals surface area contributed by atoms with Crippen molar-refractivity contribution in [2.24, 2.45) is 0 Å².